The van der Waals surface area contributed by atoms with Crippen molar-refractivity contribution in [3.63, 3.8) is 0 Å². The fourth-order valence-corrected chi connectivity index (χ4v) is 3.04. The fourth-order valence-electron chi connectivity index (χ4n) is 2.84. The SMILES string of the molecule is OCC(CC1COc2ccccc21)c1cccc(Cl)c1. The lowest BCUT2D eigenvalue weighted by Crippen LogP contribution is -2.11. The van der Waals surface area contributed by atoms with Crippen molar-refractivity contribution < 1.29 is 9.84 Å². The second kappa shape index (κ2) is 5.86. The molecule has 0 fully saturated rings. The molecule has 0 aromatic heterocycles. The van der Waals surface area contributed by atoms with Gasteiger partial charge in [0.2, 0.25) is 0 Å². The van der Waals surface area contributed by atoms with Crippen LogP contribution in [0.25, 0.3) is 0 Å². The van der Waals surface area contributed by atoms with Gasteiger partial charge in [0.15, 0.2) is 0 Å². The third-order valence-corrected chi connectivity index (χ3v) is 4.14. The zero-order valence-electron chi connectivity index (χ0n) is 11.1. The second-order valence-electron chi connectivity index (χ2n) is 5.22. The minimum absolute atomic E-state index is 0.0912. The highest BCUT2D eigenvalue weighted by Crippen LogP contribution is 2.39. The highest BCUT2D eigenvalue weighted by molar-refractivity contribution is 6.30. The summed E-state index contributed by atoms with van der Waals surface area (Å²) >= 11 is 6.04. The molecule has 3 heteroatoms. The van der Waals surface area contributed by atoms with Crippen LogP contribution in [0.1, 0.15) is 29.4 Å². The van der Waals surface area contributed by atoms with Crippen molar-refractivity contribution >= 4 is 11.6 Å². The smallest absolute Gasteiger partial charge is 0.122 e. The van der Waals surface area contributed by atoms with Gasteiger partial charge in [0, 0.05) is 29.0 Å². The first kappa shape index (κ1) is 13.5. The highest BCUT2D eigenvalue weighted by Gasteiger charge is 2.27. The Hall–Kier alpha value is -1.51. The Labute approximate surface area is 124 Å². The Morgan fingerprint density at radius 2 is 2.05 bits per heavy atom. The molecule has 2 atom stereocenters. The van der Waals surface area contributed by atoms with E-state index in [1.165, 1.54) is 5.56 Å². The maximum atomic E-state index is 9.69. The average molecular weight is 289 g/mol. The highest BCUT2D eigenvalue weighted by atomic mass is 35.5. The van der Waals surface area contributed by atoms with Crippen LogP contribution in [-0.2, 0) is 0 Å². The van der Waals surface area contributed by atoms with E-state index in [4.69, 9.17) is 16.3 Å². The van der Waals surface area contributed by atoms with E-state index in [0.29, 0.717) is 17.5 Å². The normalized spacial score (nSPS) is 18.4. The van der Waals surface area contributed by atoms with Gasteiger partial charge in [0.05, 0.1) is 6.61 Å². The summed E-state index contributed by atoms with van der Waals surface area (Å²) in [5, 5.41) is 10.4. The summed E-state index contributed by atoms with van der Waals surface area (Å²) in [6.45, 7) is 0.815. The van der Waals surface area contributed by atoms with Crippen molar-refractivity contribution in [1.82, 2.24) is 0 Å². The van der Waals surface area contributed by atoms with Crippen LogP contribution >= 0.6 is 11.6 Å². The second-order valence-corrected chi connectivity index (χ2v) is 5.65. The van der Waals surface area contributed by atoms with E-state index in [-0.39, 0.29) is 12.5 Å². The number of benzene rings is 2. The fraction of sp³-hybridized carbons (Fsp3) is 0.294. The van der Waals surface area contributed by atoms with Crippen molar-refractivity contribution in [2.45, 2.75) is 18.3 Å². The number of aliphatic hydroxyl groups is 1. The molecule has 1 aliphatic rings. The Morgan fingerprint density at radius 3 is 2.85 bits per heavy atom. The molecular formula is C17H17ClO2. The number of aliphatic hydroxyl groups excluding tert-OH is 1. The molecule has 0 saturated carbocycles. The van der Waals surface area contributed by atoms with E-state index < -0.39 is 0 Å². The molecule has 0 radical (unpaired) electrons. The number of hydrogen-bond acceptors (Lipinski definition) is 2. The number of fused-ring (bicyclic) bond motifs is 1. The Balaban J connectivity index is 1.80. The largest absolute Gasteiger partial charge is 0.493 e. The zero-order chi connectivity index (χ0) is 13.9. The van der Waals surface area contributed by atoms with Crippen LogP contribution < -0.4 is 4.74 Å². The number of halogens is 1. The van der Waals surface area contributed by atoms with E-state index in [0.717, 1.165) is 17.7 Å². The molecule has 0 bridgehead atoms. The van der Waals surface area contributed by atoms with E-state index >= 15 is 0 Å². The van der Waals surface area contributed by atoms with Gasteiger partial charge < -0.3 is 9.84 Å². The van der Waals surface area contributed by atoms with Gasteiger partial charge in [0.1, 0.15) is 5.75 Å². The predicted molar refractivity (Wildman–Crippen MR) is 80.6 cm³/mol. The molecule has 3 rings (SSSR count). The minimum Gasteiger partial charge on any atom is -0.493 e. The first-order valence-electron chi connectivity index (χ1n) is 6.86. The third kappa shape index (κ3) is 2.67. The van der Waals surface area contributed by atoms with Gasteiger partial charge >= 0.3 is 0 Å². The van der Waals surface area contributed by atoms with Gasteiger partial charge in [-0.1, -0.05) is 41.9 Å². The Bertz CT molecular complexity index is 597. The van der Waals surface area contributed by atoms with Gasteiger partial charge in [-0.25, -0.2) is 0 Å². The molecule has 2 aromatic carbocycles. The molecule has 0 amide bonds. The first-order valence-corrected chi connectivity index (χ1v) is 7.24. The van der Waals surface area contributed by atoms with Crippen LogP contribution in [0.2, 0.25) is 5.02 Å². The van der Waals surface area contributed by atoms with E-state index in [1.54, 1.807) is 0 Å². The van der Waals surface area contributed by atoms with Crippen LogP contribution in [0.15, 0.2) is 48.5 Å². The van der Waals surface area contributed by atoms with E-state index in [2.05, 4.69) is 6.07 Å². The lowest BCUT2D eigenvalue weighted by molar-refractivity contribution is 0.243. The standard InChI is InChI=1S/C17H17ClO2/c18-15-5-3-4-12(9-15)13(10-19)8-14-11-20-17-7-2-1-6-16(14)17/h1-7,9,13-14,19H,8,10-11H2. The molecule has 104 valence electrons. The summed E-state index contributed by atoms with van der Waals surface area (Å²) in [7, 11) is 0. The van der Waals surface area contributed by atoms with Crippen molar-refractivity contribution in [3.8, 4) is 5.75 Å². The zero-order valence-corrected chi connectivity index (χ0v) is 11.9. The number of hydrogen-bond donors (Lipinski definition) is 1. The van der Waals surface area contributed by atoms with Gasteiger partial charge in [0.25, 0.3) is 0 Å². The topological polar surface area (TPSA) is 29.5 Å². The van der Waals surface area contributed by atoms with Crippen LogP contribution in [0, 0.1) is 0 Å². The van der Waals surface area contributed by atoms with Gasteiger partial charge in [-0.3, -0.25) is 0 Å². The van der Waals surface area contributed by atoms with Gasteiger partial charge in [-0.05, 0) is 30.2 Å². The summed E-state index contributed by atoms with van der Waals surface area (Å²) in [4.78, 5) is 0. The Kier molecular flexibility index (Phi) is 3.95. The Morgan fingerprint density at radius 1 is 1.20 bits per heavy atom. The number of rotatable bonds is 4. The van der Waals surface area contributed by atoms with Crippen LogP contribution in [0.3, 0.4) is 0 Å². The molecular weight excluding hydrogens is 272 g/mol. The maximum Gasteiger partial charge on any atom is 0.122 e. The van der Waals surface area contributed by atoms with Gasteiger partial charge in [-0.2, -0.15) is 0 Å². The van der Waals surface area contributed by atoms with Gasteiger partial charge in [-0.15, -0.1) is 0 Å². The van der Waals surface area contributed by atoms with E-state index in [9.17, 15) is 5.11 Å². The predicted octanol–water partition coefficient (Wildman–Crippen LogP) is 3.98. The minimum atomic E-state index is 0.0912. The summed E-state index contributed by atoms with van der Waals surface area (Å²) in [6, 6.07) is 15.9. The molecule has 0 aliphatic carbocycles. The molecule has 1 aliphatic heterocycles. The lowest BCUT2D eigenvalue weighted by atomic mass is 9.86. The summed E-state index contributed by atoms with van der Waals surface area (Å²) in [6.07, 6.45) is 0.869. The van der Waals surface area contributed by atoms with Crippen molar-refractivity contribution in [1.29, 1.82) is 0 Å². The molecule has 2 aromatic rings. The maximum absolute atomic E-state index is 9.69. The first-order chi connectivity index (χ1) is 9.78. The van der Waals surface area contributed by atoms with Crippen LogP contribution in [-0.4, -0.2) is 18.3 Å². The van der Waals surface area contributed by atoms with Crippen LogP contribution in [0.5, 0.6) is 5.75 Å². The number of ether oxygens (including phenoxy) is 1. The monoisotopic (exact) mass is 288 g/mol. The van der Waals surface area contributed by atoms with Crippen molar-refractivity contribution in [3.05, 3.63) is 64.7 Å². The summed E-state index contributed by atoms with van der Waals surface area (Å²) < 4.78 is 5.71. The van der Waals surface area contributed by atoms with Crippen molar-refractivity contribution in [2.24, 2.45) is 0 Å². The van der Waals surface area contributed by atoms with Crippen LogP contribution in [0.4, 0.5) is 0 Å². The molecule has 2 unspecified atom stereocenters. The molecule has 2 nitrogen and oxygen atoms in total. The summed E-state index contributed by atoms with van der Waals surface area (Å²) in [5.74, 6) is 1.40. The van der Waals surface area contributed by atoms with E-state index in [1.807, 2.05) is 42.5 Å². The molecule has 0 spiro atoms. The third-order valence-electron chi connectivity index (χ3n) is 3.91. The molecule has 1 N–H and O–H groups in total. The lowest BCUT2D eigenvalue weighted by Gasteiger charge is -2.18. The molecule has 0 saturated heterocycles. The average Bonchev–Trinajstić information content (AvgIpc) is 2.88. The van der Waals surface area contributed by atoms with Crippen molar-refractivity contribution in [2.75, 3.05) is 13.2 Å². The quantitative estimate of drug-likeness (QED) is 0.922. The number of para-hydroxylation sites is 1. The summed E-state index contributed by atoms with van der Waals surface area (Å²) in [5.41, 5.74) is 2.33. The molecule has 20 heavy (non-hydrogen) atoms. The molecule has 1 heterocycles.